The van der Waals surface area contributed by atoms with E-state index in [1.54, 1.807) is 0 Å². The van der Waals surface area contributed by atoms with E-state index in [2.05, 4.69) is 15.2 Å². The van der Waals surface area contributed by atoms with Gasteiger partial charge >= 0.3 is 5.97 Å². The summed E-state index contributed by atoms with van der Waals surface area (Å²) in [5.74, 6) is 0.259. The maximum absolute atomic E-state index is 13.0. The molecule has 1 aromatic heterocycles. The average Bonchev–Trinajstić information content (AvgIpc) is 2.97. The fraction of sp³-hybridized carbons (Fsp3) is 0.471. The number of aromatic amines is 1. The molecular formula is C17H22FN3O3. The highest BCUT2D eigenvalue weighted by molar-refractivity contribution is 5.66. The lowest BCUT2D eigenvalue weighted by atomic mass is 9.74. The smallest absolute Gasteiger partial charge is 0.303 e. The number of aromatic nitrogens is 3. The molecule has 24 heavy (non-hydrogen) atoms. The molecule has 1 aromatic carbocycles. The number of ether oxygens (including phenoxy) is 2. The fourth-order valence-electron chi connectivity index (χ4n) is 2.33. The van der Waals surface area contributed by atoms with Crippen LogP contribution in [0.3, 0.4) is 0 Å². The zero-order chi connectivity index (χ0) is 17.8. The van der Waals surface area contributed by atoms with Crippen molar-refractivity contribution in [3.05, 3.63) is 42.2 Å². The van der Waals surface area contributed by atoms with E-state index in [9.17, 15) is 9.18 Å². The van der Waals surface area contributed by atoms with Gasteiger partial charge in [0.05, 0.1) is 6.42 Å². The summed E-state index contributed by atoms with van der Waals surface area (Å²) in [6, 6.07) is 5.69. The van der Waals surface area contributed by atoms with Crippen molar-refractivity contribution in [2.45, 2.75) is 39.7 Å². The van der Waals surface area contributed by atoms with Crippen molar-refractivity contribution in [3.8, 4) is 5.75 Å². The Morgan fingerprint density at radius 2 is 1.92 bits per heavy atom. The van der Waals surface area contributed by atoms with Crippen LogP contribution >= 0.6 is 0 Å². The summed E-state index contributed by atoms with van der Waals surface area (Å²) in [7, 11) is 0. The third-order valence-electron chi connectivity index (χ3n) is 3.90. The number of benzene rings is 1. The lowest BCUT2D eigenvalue weighted by Gasteiger charge is -2.42. The minimum atomic E-state index is -0.977. The van der Waals surface area contributed by atoms with Gasteiger partial charge in [-0.1, -0.05) is 20.8 Å². The summed E-state index contributed by atoms with van der Waals surface area (Å²) in [5, 5.41) is 6.71. The Bertz CT molecular complexity index is 665. The van der Waals surface area contributed by atoms with E-state index in [0.717, 1.165) is 0 Å². The number of H-pyrrole nitrogens is 1. The van der Waals surface area contributed by atoms with Crippen molar-refractivity contribution in [1.29, 1.82) is 0 Å². The van der Waals surface area contributed by atoms with Gasteiger partial charge < -0.3 is 9.47 Å². The summed E-state index contributed by atoms with van der Waals surface area (Å²) in [6.45, 7) is 7.32. The van der Waals surface area contributed by atoms with Gasteiger partial charge in [-0.25, -0.2) is 9.37 Å². The van der Waals surface area contributed by atoms with Crippen molar-refractivity contribution >= 4 is 5.97 Å². The topological polar surface area (TPSA) is 77.1 Å². The second-order valence-corrected chi connectivity index (χ2v) is 6.67. The van der Waals surface area contributed by atoms with Gasteiger partial charge in [-0.15, -0.1) is 0 Å². The number of halogens is 1. The molecule has 6 nitrogen and oxygen atoms in total. The standard InChI is InChI=1S/C17H22FN3O3/c1-12(22)24-17(16(2,3)4,9-15-19-11-20-21-15)10-23-14-7-5-13(18)6-8-14/h5-8,11H,9-10H2,1-4H3,(H,19,20,21). The molecule has 0 bridgehead atoms. The molecule has 1 heterocycles. The predicted octanol–water partition coefficient (Wildman–Crippen LogP) is 2.91. The van der Waals surface area contributed by atoms with Crippen LogP contribution in [-0.2, 0) is 16.0 Å². The van der Waals surface area contributed by atoms with Gasteiger partial charge in [-0.3, -0.25) is 9.89 Å². The lowest BCUT2D eigenvalue weighted by Crippen LogP contribution is -2.53. The van der Waals surface area contributed by atoms with Crippen LogP contribution in [0.4, 0.5) is 4.39 Å². The monoisotopic (exact) mass is 335 g/mol. The third-order valence-corrected chi connectivity index (χ3v) is 3.90. The molecule has 0 saturated carbocycles. The molecular weight excluding hydrogens is 313 g/mol. The Labute approximate surface area is 140 Å². The van der Waals surface area contributed by atoms with E-state index in [0.29, 0.717) is 18.0 Å². The second kappa shape index (κ2) is 6.98. The largest absolute Gasteiger partial charge is 0.489 e. The van der Waals surface area contributed by atoms with E-state index in [1.165, 1.54) is 37.5 Å². The molecule has 0 saturated heterocycles. The van der Waals surface area contributed by atoms with Crippen molar-refractivity contribution in [3.63, 3.8) is 0 Å². The number of carbonyl (C=O) groups is 1. The van der Waals surface area contributed by atoms with Crippen LogP contribution in [0.5, 0.6) is 5.75 Å². The van der Waals surface area contributed by atoms with Crippen LogP contribution in [-0.4, -0.2) is 33.4 Å². The first-order valence-electron chi connectivity index (χ1n) is 7.64. The van der Waals surface area contributed by atoms with E-state index >= 15 is 0 Å². The zero-order valence-electron chi connectivity index (χ0n) is 14.3. The molecule has 7 heteroatoms. The highest BCUT2D eigenvalue weighted by Gasteiger charge is 2.47. The molecule has 0 aliphatic rings. The lowest BCUT2D eigenvalue weighted by molar-refractivity contribution is -0.177. The summed E-state index contributed by atoms with van der Waals surface area (Å²) in [6.07, 6.45) is 1.76. The highest BCUT2D eigenvalue weighted by atomic mass is 19.1. The van der Waals surface area contributed by atoms with E-state index < -0.39 is 17.0 Å². The molecule has 0 aliphatic carbocycles. The van der Waals surface area contributed by atoms with Crippen LogP contribution in [0, 0.1) is 11.2 Å². The summed E-state index contributed by atoms with van der Waals surface area (Å²) < 4.78 is 24.5. The zero-order valence-corrected chi connectivity index (χ0v) is 14.3. The van der Waals surface area contributed by atoms with Gasteiger partial charge in [0.25, 0.3) is 0 Å². The molecule has 2 aromatic rings. The predicted molar refractivity (Wildman–Crippen MR) is 85.9 cm³/mol. The Morgan fingerprint density at radius 3 is 2.42 bits per heavy atom. The third kappa shape index (κ3) is 4.31. The first-order chi connectivity index (χ1) is 11.2. The van der Waals surface area contributed by atoms with Gasteiger partial charge in [0.1, 0.15) is 24.5 Å². The van der Waals surface area contributed by atoms with Gasteiger partial charge in [0.15, 0.2) is 11.4 Å². The number of hydrogen-bond donors (Lipinski definition) is 1. The number of rotatable bonds is 6. The van der Waals surface area contributed by atoms with E-state index in [4.69, 9.17) is 9.47 Å². The van der Waals surface area contributed by atoms with Crippen LogP contribution in [0.2, 0.25) is 0 Å². The minimum absolute atomic E-state index is 0.0935. The summed E-state index contributed by atoms with van der Waals surface area (Å²) in [4.78, 5) is 15.8. The Kier molecular flexibility index (Phi) is 5.21. The summed E-state index contributed by atoms with van der Waals surface area (Å²) in [5.41, 5.74) is -1.42. The van der Waals surface area contributed by atoms with Crippen LogP contribution < -0.4 is 4.74 Å². The average molecular weight is 335 g/mol. The molecule has 2 rings (SSSR count). The number of carbonyl (C=O) groups excluding carboxylic acids is 1. The number of esters is 1. The minimum Gasteiger partial charge on any atom is -0.489 e. The Hall–Kier alpha value is -2.44. The molecule has 1 N–H and O–H groups in total. The SMILES string of the molecule is CC(=O)OC(COc1ccc(F)cc1)(Cc1nc[nH]n1)C(C)(C)C. The highest BCUT2D eigenvalue weighted by Crippen LogP contribution is 2.37. The number of nitrogens with zero attached hydrogens (tertiary/aromatic N) is 2. The number of nitrogens with one attached hydrogen (secondary N) is 1. The van der Waals surface area contributed by atoms with Crippen molar-refractivity contribution in [1.82, 2.24) is 15.2 Å². The van der Waals surface area contributed by atoms with Gasteiger partial charge in [0, 0.05) is 12.3 Å². The van der Waals surface area contributed by atoms with Crippen LogP contribution in [0.25, 0.3) is 0 Å². The fourth-order valence-corrected chi connectivity index (χ4v) is 2.33. The van der Waals surface area contributed by atoms with Crippen molar-refractivity contribution in [2.75, 3.05) is 6.61 Å². The molecule has 0 fully saturated rings. The maximum Gasteiger partial charge on any atom is 0.303 e. The van der Waals surface area contributed by atoms with Crippen LogP contribution in [0.15, 0.2) is 30.6 Å². The molecule has 0 amide bonds. The van der Waals surface area contributed by atoms with E-state index in [-0.39, 0.29) is 12.4 Å². The Balaban J connectivity index is 2.28. The normalized spacial score (nSPS) is 14.0. The number of hydrogen-bond acceptors (Lipinski definition) is 5. The first-order valence-corrected chi connectivity index (χ1v) is 7.64. The maximum atomic E-state index is 13.0. The van der Waals surface area contributed by atoms with E-state index in [1.807, 2.05) is 20.8 Å². The van der Waals surface area contributed by atoms with Gasteiger partial charge in [-0.2, -0.15) is 5.10 Å². The quantitative estimate of drug-likeness (QED) is 0.821. The first kappa shape index (κ1) is 17.9. The molecule has 0 aliphatic heterocycles. The van der Waals surface area contributed by atoms with Crippen LogP contribution in [0.1, 0.15) is 33.5 Å². The molecule has 1 unspecified atom stereocenters. The molecule has 0 spiro atoms. The Morgan fingerprint density at radius 1 is 1.25 bits per heavy atom. The molecule has 1 atom stereocenters. The second-order valence-electron chi connectivity index (χ2n) is 6.67. The van der Waals surface area contributed by atoms with Crippen molar-refractivity contribution < 1.29 is 18.7 Å². The van der Waals surface area contributed by atoms with Gasteiger partial charge in [-0.05, 0) is 24.3 Å². The van der Waals surface area contributed by atoms with Crippen molar-refractivity contribution in [2.24, 2.45) is 5.41 Å². The van der Waals surface area contributed by atoms with Gasteiger partial charge in [0.2, 0.25) is 0 Å². The molecule has 0 radical (unpaired) electrons. The summed E-state index contributed by atoms with van der Waals surface area (Å²) >= 11 is 0. The molecule has 130 valence electrons.